The predicted octanol–water partition coefficient (Wildman–Crippen LogP) is 7.76. The standard InChI is InChI=1S/C29H57NO4/c1-6-21-26(2)22-19-17-15-13-11-9-7-8-10-12-14-16-18-20-23-29(33)34-27(24-28(31)32)25-30(3,4)5/h26-27H,6-25H2,1-5H3/p+1. The molecule has 0 aromatic heterocycles. The minimum atomic E-state index is -0.922. The van der Waals surface area contributed by atoms with Crippen LogP contribution >= 0.6 is 0 Å². The van der Waals surface area contributed by atoms with Gasteiger partial charge in [0, 0.05) is 6.42 Å². The van der Waals surface area contributed by atoms with Crippen molar-refractivity contribution in [3.05, 3.63) is 0 Å². The van der Waals surface area contributed by atoms with Crippen LogP contribution in [-0.2, 0) is 14.3 Å². The maximum Gasteiger partial charge on any atom is 0.307 e. The third-order valence-corrected chi connectivity index (χ3v) is 6.56. The van der Waals surface area contributed by atoms with E-state index in [1.165, 1.54) is 96.3 Å². The highest BCUT2D eigenvalue weighted by molar-refractivity contribution is 5.71. The SMILES string of the molecule is CCCC(C)CCCCCCCCCCCCCCCCC(=O)OC(CC(=O)O)C[N+](C)(C)C. The second kappa shape index (κ2) is 21.2. The van der Waals surface area contributed by atoms with Gasteiger partial charge >= 0.3 is 11.9 Å². The summed E-state index contributed by atoms with van der Waals surface area (Å²) in [4.78, 5) is 23.1. The van der Waals surface area contributed by atoms with E-state index in [0.29, 0.717) is 17.4 Å². The smallest absolute Gasteiger partial charge is 0.307 e. The van der Waals surface area contributed by atoms with Crippen molar-refractivity contribution < 1.29 is 23.9 Å². The molecule has 0 aliphatic carbocycles. The average molecular weight is 485 g/mol. The van der Waals surface area contributed by atoms with Gasteiger partial charge in [-0.2, -0.15) is 0 Å². The number of hydrogen-bond acceptors (Lipinski definition) is 3. The van der Waals surface area contributed by atoms with E-state index in [0.717, 1.165) is 18.8 Å². The van der Waals surface area contributed by atoms with Gasteiger partial charge < -0.3 is 14.3 Å². The van der Waals surface area contributed by atoms with E-state index in [9.17, 15) is 9.59 Å². The molecule has 0 amide bonds. The van der Waals surface area contributed by atoms with Crippen molar-refractivity contribution in [3.8, 4) is 0 Å². The van der Waals surface area contributed by atoms with Crippen molar-refractivity contribution >= 4 is 11.9 Å². The molecule has 0 radical (unpaired) electrons. The van der Waals surface area contributed by atoms with E-state index in [1.807, 2.05) is 21.1 Å². The van der Waals surface area contributed by atoms with Crippen molar-refractivity contribution in [1.82, 2.24) is 0 Å². The van der Waals surface area contributed by atoms with Gasteiger partial charge in [0.25, 0.3) is 0 Å². The minimum absolute atomic E-state index is 0.125. The zero-order valence-electron chi connectivity index (χ0n) is 23.4. The molecule has 0 aromatic rings. The van der Waals surface area contributed by atoms with Gasteiger partial charge in [-0.1, -0.05) is 117 Å². The Balaban J connectivity index is 3.50. The molecule has 0 saturated heterocycles. The van der Waals surface area contributed by atoms with E-state index in [1.54, 1.807) is 0 Å². The van der Waals surface area contributed by atoms with Crippen LogP contribution in [0.2, 0.25) is 0 Å². The molecule has 0 aromatic carbocycles. The molecule has 0 heterocycles. The van der Waals surface area contributed by atoms with Crippen LogP contribution in [0.3, 0.4) is 0 Å². The number of rotatable bonds is 24. The monoisotopic (exact) mass is 484 g/mol. The summed E-state index contributed by atoms with van der Waals surface area (Å²) >= 11 is 0. The van der Waals surface area contributed by atoms with Crippen LogP contribution in [0.5, 0.6) is 0 Å². The first kappa shape index (κ1) is 32.9. The van der Waals surface area contributed by atoms with Gasteiger partial charge in [0.15, 0.2) is 6.10 Å². The van der Waals surface area contributed by atoms with Crippen LogP contribution in [0.4, 0.5) is 0 Å². The van der Waals surface area contributed by atoms with Crippen LogP contribution in [0.15, 0.2) is 0 Å². The number of esters is 1. The lowest BCUT2D eigenvalue weighted by Crippen LogP contribution is -2.43. The summed E-state index contributed by atoms with van der Waals surface area (Å²) in [6.45, 7) is 5.20. The summed E-state index contributed by atoms with van der Waals surface area (Å²) in [6.07, 6.45) is 22.0. The second-order valence-corrected chi connectivity index (χ2v) is 11.6. The van der Waals surface area contributed by atoms with Gasteiger partial charge in [-0.05, 0) is 12.3 Å². The van der Waals surface area contributed by atoms with Crippen LogP contribution in [0, 0.1) is 5.92 Å². The number of carboxylic acids is 1. The van der Waals surface area contributed by atoms with Crippen LogP contribution in [-0.4, -0.2) is 55.3 Å². The molecule has 0 aliphatic heterocycles. The number of aliphatic carboxylic acids is 1. The molecule has 5 heteroatoms. The van der Waals surface area contributed by atoms with E-state index >= 15 is 0 Å². The van der Waals surface area contributed by atoms with Crippen molar-refractivity contribution in [2.24, 2.45) is 5.92 Å². The van der Waals surface area contributed by atoms with Crippen molar-refractivity contribution in [1.29, 1.82) is 0 Å². The summed E-state index contributed by atoms with van der Waals surface area (Å²) < 4.78 is 6.01. The maximum atomic E-state index is 12.1. The fraction of sp³-hybridized carbons (Fsp3) is 0.931. The third kappa shape index (κ3) is 24.0. The highest BCUT2D eigenvalue weighted by Crippen LogP contribution is 2.17. The first-order chi connectivity index (χ1) is 16.1. The lowest BCUT2D eigenvalue weighted by molar-refractivity contribution is -0.873. The van der Waals surface area contributed by atoms with Gasteiger partial charge in [-0.15, -0.1) is 0 Å². The molecule has 5 nitrogen and oxygen atoms in total. The fourth-order valence-corrected chi connectivity index (χ4v) is 4.71. The molecule has 2 unspecified atom stereocenters. The summed E-state index contributed by atoms with van der Waals surface area (Å²) in [5.41, 5.74) is 0. The number of unbranched alkanes of at least 4 members (excludes halogenated alkanes) is 13. The van der Waals surface area contributed by atoms with E-state index in [4.69, 9.17) is 9.84 Å². The zero-order chi connectivity index (χ0) is 25.7. The van der Waals surface area contributed by atoms with E-state index in [2.05, 4.69) is 13.8 Å². The van der Waals surface area contributed by atoms with Crippen molar-refractivity contribution in [2.45, 2.75) is 142 Å². The van der Waals surface area contributed by atoms with Crippen LogP contribution in [0.1, 0.15) is 136 Å². The number of carbonyl (C=O) groups excluding carboxylic acids is 1. The lowest BCUT2D eigenvalue weighted by atomic mass is 9.98. The zero-order valence-corrected chi connectivity index (χ0v) is 23.4. The number of likely N-dealkylation sites (N-methyl/N-ethyl adjacent to an activating group) is 1. The van der Waals surface area contributed by atoms with Crippen LogP contribution in [0.25, 0.3) is 0 Å². The van der Waals surface area contributed by atoms with Crippen molar-refractivity contribution in [2.75, 3.05) is 27.7 Å². The highest BCUT2D eigenvalue weighted by atomic mass is 16.5. The molecule has 0 spiro atoms. The topological polar surface area (TPSA) is 63.6 Å². The Morgan fingerprint density at radius 2 is 1.18 bits per heavy atom. The Labute approximate surface area is 211 Å². The molecule has 1 N–H and O–H groups in total. The van der Waals surface area contributed by atoms with E-state index < -0.39 is 12.1 Å². The van der Waals surface area contributed by atoms with Gasteiger partial charge in [-0.3, -0.25) is 9.59 Å². The predicted molar refractivity (Wildman–Crippen MR) is 143 cm³/mol. The Morgan fingerprint density at radius 1 is 0.735 bits per heavy atom. The second-order valence-electron chi connectivity index (χ2n) is 11.6. The number of ether oxygens (including phenoxy) is 1. The molecule has 0 rings (SSSR count). The average Bonchev–Trinajstić information content (AvgIpc) is 2.71. The number of hydrogen-bond donors (Lipinski definition) is 1. The normalized spacial score (nSPS) is 13.6. The highest BCUT2D eigenvalue weighted by Gasteiger charge is 2.24. The van der Waals surface area contributed by atoms with Gasteiger partial charge in [0.05, 0.1) is 27.6 Å². The molecule has 34 heavy (non-hydrogen) atoms. The van der Waals surface area contributed by atoms with Gasteiger partial charge in [0.2, 0.25) is 0 Å². The van der Waals surface area contributed by atoms with E-state index in [-0.39, 0.29) is 12.4 Å². The van der Waals surface area contributed by atoms with Gasteiger partial charge in [0.1, 0.15) is 6.54 Å². The molecular formula is C29H58NO4+. The summed E-state index contributed by atoms with van der Waals surface area (Å²) in [6, 6.07) is 0. The molecular weight excluding hydrogens is 426 g/mol. The minimum Gasteiger partial charge on any atom is -0.481 e. The third-order valence-electron chi connectivity index (χ3n) is 6.56. The molecule has 0 bridgehead atoms. The quantitative estimate of drug-likeness (QED) is 0.0863. The molecule has 202 valence electrons. The summed E-state index contributed by atoms with van der Waals surface area (Å²) in [7, 11) is 5.92. The number of quaternary nitrogens is 1. The molecule has 2 atom stereocenters. The van der Waals surface area contributed by atoms with Gasteiger partial charge in [-0.25, -0.2) is 0 Å². The summed E-state index contributed by atoms with van der Waals surface area (Å²) in [5, 5.41) is 9.04. The maximum absolute atomic E-state index is 12.1. The molecule has 0 aliphatic rings. The number of carboxylic acid groups (broad SMARTS) is 1. The lowest BCUT2D eigenvalue weighted by Gasteiger charge is -2.28. The largest absolute Gasteiger partial charge is 0.481 e. The summed E-state index contributed by atoms with van der Waals surface area (Å²) in [5.74, 6) is -0.262. The number of carbonyl (C=O) groups is 2. The first-order valence-electron chi connectivity index (χ1n) is 14.4. The fourth-order valence-electron chi connectivity index (χ4n) is 4.71. The Morgan fingerprint density at radius 3 is 1.59 bits per heavy atom. The number of nitrogens with zero attached hydrogens (tertiary/aromatic N) is 1. The first-order valence-corrected chi connectivity index (χ1v) is 14.4. The van der Waals surface area contributed by atoms with Crippen molar-refractivity contribution in [3.63, 3.8) is 0 Å². The Hall–Kier alpha value is -1.10. The Bertz CT molecular complexity index is 501. The molecule has 0 fully saturated rings. The Kier molecular flexibility index (Phi) is 20.5. The van der Waals surface area contributed by atoms with Crippen LogP contribution < -0.4 is 0 Å². The molecule has 0 saturated carbocycles.